The fourth-order valence-corrected chi connectivity index (χ4v) is 5.30. The number of benzene rings is 3. The van der Waals surface area contributed by atoms with Gasteiger partial charge in [-0.2, -0.15) is 0 Å². The quantitative estimate of drug-likeness (QED) is 0.278. The minimum Gasteiger partial charge on any atom is -0.104 e. The number of rotatable bonds is 3. The van der Waals surface area contributed by atoms with Crippen molar-refractivity contribution in [3.8, 4) is 0 Å². The predicted molar refractivity (Wildman–Crippen MR) is 141 cm³/mol. The van der Waals surface area contributed by atoms with E-state index >= 15 is 0 Å². The molecule has 170 valence electrons. The average Bonchev–Trinajstić information content (AvgIpc) is 2.71. The van der Waals surface area contributed by atoms with E-state index in [-0.39, 0.29) is 16.2 Å². The SMILES string of the molecule is CC(C)(C)c1ccc(C(Cl)(c2ccccc2)c2ccccc2)c(C(C)(C)C)c1C(C)(C)C. The van der Waals surface area contributed by atoms with Crippen LogP contribution >= 0.6 is 11.6 Å². The first-order valence-corrected chi connectivity index (χ1v) is 12.0. The van der Waals surface area contributed by atoms with E-state index in [2.05, 4.69) is 135 Å². The van der Waals surface area contributed by atoms with Gasteiger partial charge < -0.3 is 0 Å². The van der Waals surface area contributed by atoms with Crippen molar-refractivity contribution in [2.45, 2.75) is 83.4 Å². The summed E-state index contributed by atoms with van der Waals surface area (Å²) in [5.41, 5.74) is 7.50. The van der Waals surface area contributed by atoms with Gasteiger partial charge in [0.15, 0.2) is 0 Å². The predicted octanol–water partition coefficient (Wildman–Crippen LogP) is 9.11. The minimum absolute atomic E-state index is 0.0214. The summed E-state index contributed by atoms with van der Waals surface area (Å²) in [6.45, 7) is 20.9. The molecular weight excluding hydrogens is 408 g/mol. The van der Waals surface area contributed by atoms with Crippen LogP contribution in [0.5, 0.6) is 0 Å². The second-order valence-electron chi connectivity index (χ2n) is 12.1. The molecule has 0 aliphatic carbocycles. The Morgan fingerprint density at radius 2 is 0.781 bits per heavy atom. The first-order chi connectivity index (χ1) is 14.7. The summed E-state index contributed by atoms with van der Waals surface area (Å²) >= 11 is 7.82. The standard InChI is InChI=1S/C31H39Cl/c1-28(2,3)24-20-21-25(27(30(7,8)9)26(24)29(4,5)6)31(32,22-16-12-10-13-17-22)23-18-14-11-15-19-23/h10-21H,1-9H3. The zero-order valence-corrected chi connectivity index (χ0v) is 22.1. The van der Waals surface area contributed by atoms with Gasteiger partial charge in [0.25, 0.3) is 0 Å². The van der Waals surface area contributed by atoms with Crippen molar-refractivity contribution in [1.29, 1.82) is 0 Å². The molecule has 3 rings (SSSR count). The Bertz CT molecular complexity index is 1020. The van der Waals surface area contributed by atoms with Crippen LogP contribution in [0.2, 0.25) is 0 Å². The van der Waals surface area contributed by atoms with E-state index in [9.17, 15) is 0 Å². The Labute approximate surface area is 201 Å². The van der Waals surface area contributed by atoms with Gasteiger partial charge in [0.1, 0.15) is 4.87 Å². The van der Waals surface area contributed by atoms with Crippen molar-refractivity contribution >= 4 is 11.6 Å². The fraction of sp³-hybridized carbons (Fsp3) is 0.419. The Kier molecular flexibility index (Phi) is 6.44. The second kappa shape index (κ2) is 8.38. The number of hydrogen-bond donors (Lipinski definition) is 0. The largest absolute Gasteiger partial charge is 0.120 e. The summed E-state index contributed by atoms with van der Waals surface area (Å²) in [4.78, 5) is -0.776. The van der Waals surface area contributed by atoms with Crippen molar-refractivity contribution < 1.29 is 0 Å². The monoisotopic (exact) mass is 446 g/mol. The smallest absolute Gasteiger partial charge is 0.104 e. The lowest BCUT2D eigenvalue weighted by atomic mass is 9.65. The number of hydrogen-bond acceptors (Lipinski definition) is 0. The van der Waals surface area contributed by atoms with Crippen LogP contribution in [0.4, 0.5) is 0 Å². The van der Waals surface area contributed by atoms with Crippen molar-refractivity contribution in [3.63, 3.8) is 0 Å². The highest BCUT2D eigenvalue weighted by Crippen LogP contribution is 2.51. The minimum atomic E-state index is -0.776. The lowest BCUT2D eigenvalue weighted by Gasteiger charge is -2.41. The van der Waals surface area contributed by atoms with Gasteiger partial charge in [-0.1, -0.05) is 135 Å². The molecule has 0 aliphatic heterocycles. The summed E-state index contributed by atoms with van der Waals surface area (Å²) in [7, 11) is 0. The van der Waals surface area contributed by atoms with Crippen LogP contribution in [0.25, 0.3) is 0 Å². The van der Waals surface area contributed by atoms with Gasteiger partial charge in [-0.3, -0.25) is 0 Å². The summed E-state index contributed by atoms with van der Waals surface area (Å²) in [6.07, 6.45) is 0. The van der Waals surface area contributed by atoms with E-state index in [4.69, 9.17) is 11.6 Å². The fourth-order valence-electron chi connectivity index (χ4n) is 4.89. The van der Waals surface area contributed by atoms with E-state index in [0.717, 1.165) is 11.1 Å². The lowest BCUT2D eigenvalue weighted by molar-refractivity contribution is 0.492. The first-order valence-electron chi connectivity index (χ1n) is 11.7. The van der Waals surface area contributed by atoms with E-state index in [1.54, 1.807) is 0 Å². The maximum atomic E-state index is 7.82. The van der Waals surface area contributed by atoms with Gasteiger partial charge in [-0.15, -0.1) is 11.6 Å². The molecule has 32 heavy (non-hydrogen) atoms. The summed E-state index contributed by atoms with van der Waals surface area (Å²) < 4.78 is 0. The molecule has 0 fully saturated rings. The van der Waals surface area contributed by atoms with Gasteiger partial charge in [0.2, 0.25) is 0 Å². The third kappa shape index (κ3) is 4.53. The van der Waals surface area contributed by atoms with Crippen molar-refractivity contribution in [2.24, 2.45) is 0 Å². The van der Waals surface area contributed by atoms with E-state index in [1.165, 1.54) is 22.3 Å². The number of halogens is 1. The molecule has 3 aromatic rings. The molecule has 3 aromatic carbocycles. The summed E-state index contributed by atoms with van der Waals surface area (Å²) in [5, 5.41) is 0. The van der Waals surface area contributed by atoms with Crippen molar-refractivity contribution in [1.82, 2.24) is 0 Å². The topological polar surface area (TPSA) is 0 Å². The highest BCUT2D eigenvalue weighted by molar-refractivity contribution is 6.28. The normalized spacial score (nSPS) is 13.3. The van der Waals surface area contributed by atoms with Crippen LogP contribution in [0.3, 0.4) is 0 Å². The molecule has 0 spiro atoms. The molecule has 0 unspecified atom stereocenters. The van der Waals surface area contributed by atoms with Crippen LogP contribution in [-0.2, 0) is 21.1 Å². The van der Waals surface area contributed by atoms with Gasteiger partial charge >= 0.3 is 0 Å². The molecule has 0 atom stereocenters. The Hall–Kier alpha value is -2.05. The summed E-state index contributed by atoms with van der Waals surface area (Å²) in [5.74, 6) is 0. The van der Waals surface area contributed by atoms with Gasteiger partial charge in [-0.05, 0) is 49.6 Å². The molecule has 0 aromatic heterocycles. The maximum Gasteiger partial charge on any atom is 0.120 e. The van der Waals surface area contributed by atoms with E-state index in [0.29, 0.717) is 0 Å². The summed E-state index contributed by atoms with van der Waals surface area (Å²) in [6, 6.07) is 25.7. The maximum absolute atomic E-state index is 7.82. The molecule has 0 radical (unpaired) electrons. The molecule has 0 heterocycles. The van der Waals surface area contributed by atoms with Gasteiger partial charge in [0.05, 0.1) is 0 Å². The van der Waals surface area contributed by atoms with Crippen LogP contribution in [0.15, 0.2) is 72.8 Å². The molecule has 0 saturated heterocycles. The van der Waals surface area contributed by atoms with Crippen molar-refractivity contribution in [3.05, 3.63) is 106 Å². The van der Waals surface area contributed by atoms with Crippen LogP contribution in [0.1, 0.15) is 95.7 Å². The Morgan fingerprint density at radius 3 is 1.12 bits per heavy atom. The molecule has 0 aliphatic rings. The van der Waals surface area contributed by atoms with E-state index < -0.39 is 4.87 Å². The molecule has 0 amide bonds. The Morgan fingerprint density at radius 1 is 0.438 bits per heavy atom. The Balaban J connectivity index is 2.55. The molecular formula is C31H39Cl. The second-order valence-corrected chi connectivity index (χ2v) is 12.6. The first kappa shape index (κ1) is 24.6. The molecule has 1 heteroatoms. The third-order valence-electron chi connectivity index (χ3n) is 6.23. The number of alkyl halides is 1. The highest BCUT2D eigenvalue weighted by Gasteiger charge is 2.42. The highest BCUT2D eigenvalue weighted by atomic mass is 35.5. The molecule has 0 bridgehead atoms. The van der Waals surface area contributed by atoms with Crippen molar-refractivity contribution in [2.75, 3.05) is 0 Å². The van der Waals surface area contributed by atoms with Crippen LogP contribution in [0, 0.1) is 0 Å². The van der Waals surface area contributed by atoms with Crippen LogP contribution < -0.4 is 0 Å². The lowest BCUT2D eigenvalue weighted by Crippen LogP contribution is -2.33. The van der Waals surface area contributed by atoms with Gasteiger partial charge in [0, 0.05) is 0 Å². The van der Waals surface area contributed by atoms with Gasteiger partial charge in [-0.25, -0.2) is 0 Å². The van der Waals surface area contributed by atoms with Crippen LogP contribution in [-0.4, -0.2) is 0 Å². The average molecular weight is 447 g/mol. The van der Waals surface area contributed by atoms with E-state index in [1.807, 2.05) is 0 Å². The zero-order valence-electron chi connectivity index (χ0n) is 21.3. The zero-order chi connectivity index (χ0) is 23.9. The third-order valence-corrected chi connectivity index (χ3v) is 6.87. The molecule has 0 N–H and O–H groups in total. The molecule has 0 saturated carbocycles. The molecule has 0 nitrogen and oxygen atoms in total.